The highest BCUT2D eigenvalue weighted by atomic mass is 32.1. The molecule has 7 nitrogen and oxygen atoms in total. The van der Waals surface area contributed by atoms with Gasteiger partial charge in [-0.2, -0.15) is 17.5 Å². The first-order valence-corrected chi connectivity index (χ1v) is 11.8. The minimum absolute atomic E-state index is 0.485. The van der Waals surface area contributed by atoms with Crippen molar-refractivity contribution in [1.29, 1.82) is 0 Å². The van der Waals surface area contributed by atoms with E-state index in [4.69, 9.17) is 0 Å². The SMILES string of the molecule is FC(F)(F)c1cccc(N2CCN(C3CCN(c4ccc(-c5ncns5)nn4)CC3)CC2)c1. The molecule has 2 aromatic heterocycles. The topological polar surface area (TPSA) is 61.3 Å². The van der Waals surface area contributed by atoms with E-state index in [9.17, 15) is 13.2 Å². The molecule has 0 unspecified atom stereocenters. The second kappa shape index (κ2) is 9.22. The molecule has 2 aliphatic heterocycles. The molecule has 2 saturated heterocycles. The van der Waals surface area contributed by atoms with Gasteiger partial charge in [0.25, 0.3) is 0 Å². The van der Waals surface area contributed by atoms with Crippen LogP contribution in [0.1, 0.15) is 18.4 Å². The van der Waals surface area contributed by atoms with Crippen LogP contribution in [0.4, 0.5) is 24.7 Å². The third-order valence-corrected chi connectivity index (χ3v) is 7.08. The van der Waals surface area contributed by atoms with Gasteiger partial charge in [0, 0.05) is 51.0 Å². The average molecular weight is 476 g/mol. The van der Waals surface area contributed by atoms with Crippen LogP contribution in [0.2, 0.25) is 0 Å². The third-order valence-electron chi connectivity index (χ3n) is 6.39. The maximum Gasteiger partial charge on any atom is 0.416 e. The van der Waals surface area contributed by atoms with Gasteiger partial charge < -0.3 is 9.80 Å². The average Bonchev–Trinajstić information content (AvgIpc) is 3.39. The molecule has 174 valence electrons. The second-order valence-electron chi connectivity index (χ2n) is 8.31. The van der Waals surface area contributed by atoms with E-state index in [2.05, 4.69) is 34.3 Å². The van der Waals surface area contributed by atoms with Crippen LogP contribution in [0.3, 0.4) is 0 Å². The van der Waals surface area contributed by atoms with E-state index in [0.717, 1.165) is 74.7 Å². The number of piperidine rings is 1. The lowest BCUT2D eigenvalue weighted by atomic mass is 10.0. The van der Waals surface area contributed by atoms with Crippen molar-refractivity contribution in [2.24, 2.45) is 0 Å². The van der Waals surface area contributed by atoms with Crippen molar-refractivity contribution in [1.82, 2.24) is 24.5 Å². The second-order valence-corrected chi connectivity index (χ2v) is 9.09. The van der Waals surface area contributed by atoms with Crippen molar-refractivity contribution >= 4 is 23.0 Å². The Morgan fingerprint density at radius 2 is 1.67 bits per heavy atom. The summed E-state index contributed by atoms with van der Waals surface area (Å²) in [5, 5.41) is 9.43. The number of nitrogens with zero attached hydrogens (tertiary/aromatic N) is 7. The molecular weight excluding hydrogens is 451 g/mol. The summed E-state index contributed by atoms with van der Waals surface area (Å²) in [5.41, 5.74) is 0.791. The zero-order valence-electron chi connectivity index (χ0n) is 17.9. The maximum absolute atomic E-state index is 13.0. The molecule has 0 aliphatic carbocycles. The fourth-order valence-electron chi connectivity index (χ4n) is 4.58. The first kappa shape index (κ1) is 22.0. The Morgan fingerprint density at radius 3 is 2.30 bits per heavy atom. The summed E-state index contributed by atoms with van der Waals surface area (Å²) in [7, 11) is 0. The zero-order chi connectivity index (χ0) is 22.8. The molecule has 2 aliphatic rings. The number of hydrogen-bond donors (Lipinski definition) is 0. The molecular formula is C22H24F3N7S. The van der Waals surface area contributed by atoms with Gasteiger partial charge in [-0.05, 0) is 54.7 Å². The fourth-order valence-corrected chi connectivity index (χ4v) is 5.07. The van der Waals surface area contributed by atoms with Crippen LogP contribution >= 0.6 is 11.5 Å². The van der Waals surface area contributed by atoms with Gasteiger partial charge in [-0.15, -0.1) is 10.2 Å². The van der Waals surface area contributed by atoms with Crippen molar-refractivity contribution in [3.8, 4) is 10.7 Å². The number of rotatable bonds is 4. The number of piperazine rings is 1. The standard InChI is InChI=1S/C22H24F3N7S/c23-22(24,25)16-2-1-3-18(14-16)31-12-10-30(11-13-31)17-6-8-32(9-7-17)20-5-4-19(28-29-20)21-26-15-27-33-21/h1-5,14-15,17H,6-13H2. The molecule has 4 heterocycles. The summed E-state index contributed by atoms with van der Waals surface area (Å²) in [6, 6.07) is 10.0. The van der Waals surface area contributed by atoms with E-state index in [1.165, 1.54) is 30.0 Å². The van der Waals surface area contributed by atoms with Crippen LogP contribution in [0.5, 0.6) is 0 Å². The molecule has 1 aromatic carbocycles. The Labute approximate surface area is 194 Å². The molecule has 2 fully saturated rings. The van der Waals surface area contributed by atoms with E-state index >= 15 is 0 Å². The van der Waals surface area contributed by atoms with Crippen LogP contribution < -0.4 is 9.80 Å². The van der Waals surface area contributed by atoms with Crippen LogP contribution in [0.15, 0.2) is 42.7 Å². The van der Waals surface area contributed by atoms with E-state index in [0.29, 0.717) is 11.7 Å². The number of alkyl halides is 3. The van der Waals surface area contributed by atoms with E-state index in [1.54, 1.807) is 6.07 Å². The fraction of sp³-hybridized carbons (Fsp3) is 0.455. The lowest BCUT2D eigenvalue weighted by Gasteiger charge is -2.43. The molecule has 3 aromatic rings. The lowest BCUT2D eigenvalue weighted by molar-refractivity contribution is -0.137. The number of aromatic nitrogens is 4. The predicted octanol–water partition coefficient (Wildman–Crippen LogP) is 3.80. The highest BCUT2D eigenvalue weighted by molar-refractivity contribution is 7.09. The molecule has 0 N–H and O–H groups in total. The summed E-state index contributed by atoms with van der Waals surface area (Å²) in [5.74, 6) is 0.871. The van der Waals surface area contributed by atoms with Crippen molar-refractivity contribution in [2.75, 3.05) is 49.1 Å². The first-order chi connectivity index (χ1) is 16.0. The summed E-state index contributed by atoms with van der Waals surface area (Å²) in [6.45, 7) is 5.01. The van der Waals surface area contributed by atoms with E-state index < -0.39 is 11.7 Å². The lowest BCUT2D eigenvalue weighted by Crippen LogP contribution is -2.53. The Morgan fingerprint density at radius 1 is 0.879 bits per heavy atom. The van der Waals surface area contributed by atoms with Gasteiger partial charge in [0.15, 0.2) is 10.8 Å². The summed E-state index contributed by atoms with van der Waals surface area (Å²) < 4.78 is 43.1. The number of anilines is 2. The molecule has 0 atom stereocenters. The maximum atomic E-state index is 13.0. The van der Waals surface area contributed by atoms with Crippen LogP contribution in [-0.4, -0.2) is 69.8 Å². The van der Waals surface area contributed by atoms with E-state index in [1.807, 2.05) is 12.1 Å². The third kappa shape index (κ3) is 4.93. The van der Waals surface area contributed by atoms with Crippen molar-refractivity contribution in [3.63, 3.8) is 0 Å². The van der Waals surface area contributed by atoms with Gasteiger partial charge in [0.2, 0.25) is 0 Å². The Hall–Kier alpha value is -2.79. The summed E-state index contributed by atoms with van der Waals surface area (Å²) in [4.78, 5) is 10.9. The smallest absolute Gasteiger partial charge is 0.369 e. The van der Waals surface area contributed by atoms with E-state index in [-0.39, 0.29) is 0 Å². The van der Waals surface area contributed by atoms with Crippen molar-refractivity contribution in [2.45, 2.75) is 25.1 Å². The molecule has 0 bridgehead atoms. The largest absolute Gasteiger partial charge is 0.416 e. The van der Waals surface area contributed by atoms with Gasteiger partial charge in [0.05, 0.1) is 5.56 Å². The van der Waals surface area contributed by atoms with Gasteiger partial charge in [-0.1, -0.05) is 6.07 Å². The molecule has 0 radical (unpaired) electrons. The normalized spacial score (nSPS) is 18.6. The van der Waals surface area contributed by atoms with Gasteiger partial charge in [0.1, 0.15) is 12.0 Å². The van der Waals surface area contributed by atoms with Crippen LogP contribution in [0.25, 0.3) is 10.7 Å². The van der Waals surface area contributed by atoms with Crippen LogP contribution in [-0.2, 0) is 6.18 Å². The minimum Gasteiger partial charge on any atom is -0.369 e. The Kier molecular flexibility index (Phi) is 6.15. The zero-order valence-corrected chi connectivity index (χ0v) is 18.8. The highest BCUT2D eigenvalue weighted by Crippen LogP contribution is 2.32. The predicted molar refractivity (Wildman–Crippen MR) is 121 cm³/mol. The molecule has 0 amide bonds. The van der Waals surface area contributed by atoms with Gasteiger partial charge >= 0.3 is 6.18 Å². The molecule has 33 heavy (non-hydrogen) atoms. The molecule has 0 spiro atoms. The quantitative estimate of drug-likeness (QED) is 0.569. The number of hydrogen-bond acceptors (Lipinski definition) is 8. The minimum atomic E-state index is -4.31. The van der Waals surface area contributed by atoms with Crippen molar-refractivity contribution < 1.29 is 13.2 Å². The molecule has 11 heteroatoms. The Bertz CT molecular complexity index is 1040. The Balaban J connectivity index is 1.13. The first-order valence-electron chi connectivity index (χ1n) is 11.0. The number of benzene rings is 1. The number of halogens is 3. The summed E-state index contributed by atoms with van der Waals surface area (Å²) in [6.07, 6.45) is -0.735. The molecule has 5 rings (SSSR count). The highest BCUT2D eigenvalue weighted by Gasteiger charge is 2.32. The van der Waals surface area contributed by atoms with Gasteiger partial charge in [-0.25, -0.2) is 4.98 Å². The van der Waals surface area contributed by atoms with Crippen molar-refractivity contribution in [3.05, 3.63) is 48.3 Å². The summed E-state index contributed by atoms with van der Waals surface area (Å²) >= 11 is 1.30. The van der Waals surface area contributed by atoms with Crippen LogP contribution in [0, 0.1) is 0 Å². The molecule has 0 saturated carbocycles. The van der Waals surface area contributed by atoms with Gasteiger partial charge in [-0.3, -0.25) is 4.90 Å². The monoisotopic (exact) mass is 475 g/mol.